The van der Waals surface area contributed by atoms with E-state index in [1.165, 1.54) is 0 Å². The van der Waals surface area contributed by atoms with Crippen molar-refractivity contribution in [1.82, 2.24) is 0 Å². The lowest BCUT2D eigenvalue weighted by molar-refractivity contribution is -0.134. The van der Waals surface area contributed by atoms with Crippen LogP contribution < -0.4 is 11.1 Å². The molecule has 1 atom stereocenters. The molecule has 3 N–H and O–H groups in total. The highest BCUT2D eigenvalue weighted by molar-refractivity contribution is 5.94. The number of halogens is 3. The van der Waals surface area contributed by atoms with Gasteiger partial charge in [-0.25, -0.2) is 0 Å². The van der Waals surface area contributed by atoms with E-state index in [1.807, 2.05) is 30.3 Å². The van der Waals surface area contributed by atoms with Gasteiger partial charge < -0.3 is 11.1 Å². The molecule has 0 unspecified atom stereocenters. The zero-order chi connectivity index (χ0) is 17.6. The molecule has 2 aromatic carbocycles. The third-order valence-corrected chi connectivity index (χ3v) is 3.53. The van der Waals surface area contributed by atoms with Crippen molar-refractivity contribution in [3.05, 3.63) is 65.7 Å². The van der Waals surface area contributed by atoms with Gasteiger partial charge >= 0.3 is 6.18 Å². The van der Waals surface area contributed by atoms with Gasteiger partial charge in [0.2, 0.25) is 5.91 Å². The fourth-order valence-corrected chi connectivity index (χ4v) is 2.29. The van der Waals surface area contributed by atoms with E-state index >= 15 is 0 Å². The van der Waals surface area contributed by atoms with E-state index in [4.69, 9.17) is 5.73 Å². The van der Waals surface area contributed by atoms with E-state index < -0.39 is 18.6 Å². The van der Waals surface area contributed by atoms with Gasteiger partial charge in [-0.2, -0.15) is 13.2 Å². The average Bonchev–Trinajstić information content (AvgIpc) is 2.53. The van der Waals surface area contributed by atoms with E-state index in [0.717, 1.165) is 5.56 Å². The molecule has 2 aromatic rings. The van der Waals surface area contributed by atoms with Crippen molar-refractivity contribution in [3.63, 3.8) is 0 Å². The Labute approximate surface area is 138 Å². The minimum Gasteiger partial charge on any atom is -0.325 e. The summed E-state index contributed by atoms with van der Waals surface area (Å²) in [4.78, 5) is 12.1. The van der Waals surface area contributed by atoms with Gasteiger partial charge in [-0.05, 0) is 36.1 Å². The smallest absolute Gasteiger partial charge is 0.325 e. The Morgan fingerprint density at radius 3 is 2.38 bits per heavy atom. The van der Waals surface area contributed by atoms with Crippen molar-refractivity contribution in [3.8, 4) is 0 Å². The Morgan fingerprint density at radius 1 is 1.04 bits per heavy atom. The van der Waals surface area contributed by atoms with Crippen molar-refractivity contribution in [2.75, 3.05) is 5.32 Å². The Morgan fingerprint density at radius 2 is 1.71 bits per heavy atom. The molecule has 24 heavy (non-hydrogen) atoms. The number of carbonyl (C=O) groups excluding carboxylic acids is 1. The summed E-state index contributed by atoms with van der Waals surface area (Å²) in [6.07, 6.45) is -4.82. The molecule has 128 valence electrons. The topological polar surface area (TPSA) is 55.1 Å². The van der Waals surface area contributed by atoms with Crippen molar-refractivity contribution in [2.24, 2.45) is 5.73 Å². The molecule has 0 bridgehead atoms. The minimum atomic E-state index is -4.20. The van der Waals surface area contributed by atoms with Gasteiger partial charge in [-0.15, -0.1) is 0 Å². The fraction of sp³-hybridized carbons (Fsp3) is 0.278. The van der Waals surface area contributed by atoms with Gasteiger partial charge in [0, 0.05) is 12.1 Å². The number of amides is 1. The maximum Gasteiger partial charge on any atom is 0.389 e. The van der Waals surface area contributed by atoms with E-state index in [1.54, 1.807) is 24.3 Å². The van der Waals surface area contributed by atoms with E-state index in [-0.39, 0.29) is 12.3 Å². The van der Waals surface area contributed by atoms with Crippen LogP contribution in [-0.2, 0) is 17.6 Å². The summed E-state index contributed by atoms with van der Waals surface area (Å²) >= 11 is 0. The molecule has 0 radical (unpaired) electrons. The predicted octanol–water partition coefficient (Wildman–Crippen LogP) is 3.69. The van der Waals surface area contributed by atoms with Crippen LogP contribution in [0.25, 0.3) is 0 Å². The van der Waals surface area contributed by atoms with Crippen molar-refractivity contribution >= 4 is 11.6 Å². The van der Waals surface area contributed by atoms with Crippen LogP contribution in [-0.4, -0.2) is 18.1 Å². The minimum absolute atomic E-state index is 0.122. The standard InChI is InChI=1S/C18H19F3N2O/c19-18(20,21)10-9-14-7-4-8-15(11-14)23-17(24)16(22)12-13-5-2-1-3-6-13/h1-8,11,16H,9-10,12,22H2,(H,23,24)/t16-/m0/s1. The van der Waals surface area contributed by atoms with Crippen LogP contribution in [0.2, 0.25) is 0 Å². The van der Waals surface area contributed by atoms with Gasteiger partial charge in [0.15, 0.2) is 0 Å². The lowest BCUT2D eigenvalue weighted by atomic mass is 10.1. The van der Waals surface area contributed by atoms with Crippen LogP contribution in [0.4, 0.5) is 18.9 Å². The van der Waals surface area contributed by atoms with Crippen LogP contribution in [0.15, 0.2) is 54.6 Å². The lowest BCUT2D eigenvalue weighted by Crippen LogP contribution is -2.37. The highest BCUT2D eigenvalue weighted by atomic mass is 19.4. The molecule has 6 heteroatoms. The second kappa shape index (κ2) is 7.97. The Balaban J connectivity index is 1.93. The third kappa shape index (κ3) is 6.04. The molecule has 0 heterocycles. The number of nitrogens with one attached hydrogen (secondary N) is 1. The maximum absolute atomic E-state index is 12.3. The van der Waals surface area contributed by atoms with Gasteiger partial charge in [-0.3, -0.25) is 4.79 Å². The average molecular weight is 336 g/mol. The largest absolute Gasteiger partial charge is 0.389 e. The summed E-state index contributed by atoms with van der Waals surface area (Å²) in [6.45, 7) is 0. The molecule has 0 fully saturated rings. The summed E-state index contributed by atoms with van der Waals surface area (Å²) in [5.74, 6) is -0.369. The number of nitrogens with two attached hydrogens (primary N) is 1. The van der Waals surface area contributed by atoms with E-state index in [0.29, 0.717) is 17.7 Å². The molecule has 0 aliphatic carbocycles. The summed E-state index contributed by atoms with van der Waals surface area (Å²) < 4.78 is 36.8. The normalized spacial score (nSPS) is 12.7. The molecular weight excluding hydrogens is 317 g/mol. The summed E-state index contributed by atoms with van der Waals surface area (Å²) in [5.41, 5.74) is 7.80. The number of anilines is 1. The van der Waals surface area contributed by atoms with E-state index in [2.05, 4.69) is 5.32 Å². The number of hydrogen-bond donors (Lipinski definition) is 2. The molecule has 0 saturated carbocycles. The third-order valence-electron chi connectivity index (χ3n) is 3.53. The molecule has 0 spiro atoms. The Hall–Kier alpha value is -2.34. The second-order valence-electron chi connectivity index (χ2n) is 5.60. The number of carbonyl (C=O) groups is 1. The maximum atomic E-state index is 12.3. The zero-order valence-electron chi connectivity index (χ0n) is 13.0. The van der Waals surface area contributed by atoms with Gasteiger partial charge in [0.1, 0.15) is 0 Å². The monoisotopic (exact) mass is 336 g/mol. The fourth-order valence-electron chi connectivity index (χ4n) is 2.29. The van der Waals surface area contributed by atoms with Crippen molar-refractivity contribution in [2.45, 2.75) is 31.5 Å². The molecular formula is C18H19F3N2O. The van der Waals surface area contributed by atoms with Crippen LogP contribution >= 0.6 is 0 Å². The lowest BCUT2D eigenvalue weighted by Gasteiger charge is -2.13. The Kier molecular flexibility index (Phi) is 5.98. The summed E-state index contributed by atoms with van der Waals surface area (Å²) in [7, 11) is 0. The van der Waals surface area contributed by atoms with Crippen LogP contribution in [0.3, 0.4) is 0 Å². The highest BCUT2D eigenvalue weighted by Gasteiger charge is 2.26. The first-order chi connectivity index (χ1) is 11.3. The molecule has 0 aliphatic rings. The second-order valence-corrected chi connectivity index (χ2v) is 5.60. The summed E-state index contributed by atoms with van der Waals surface area (Å²) in [5, 5.41) is 2.65. The number of aryl methyl sites for hydroxylation is 1. The zero-order valence-corrected chi connectivity index (χ0v) is 13.0. The number of hydrogen-bond acceptors (Lipinski definition) is 2. The van der Waals surface area contributed by atoms with E-state index in [9.17, 15) is 18.0 Å². The van der Waals surface area contributed by atoms with Crippen LogP contribution in [0, 0.1) is 0 Å². The molecule has 0 saturated heterocycles. The van der Waals surface area contributed by atoms with Gasteiger partial charge in [0.05, 0.1) is 6.04 Å². The van der Waals surface area contributed by atoms with Crippen LogP contribution in [0.1, 0.15) is 17.5 Å². The van der Waals surface area contributed by atoms with Crippen molar-refractivity contribution in [1.29, 1.82) is 0 Å². The quantitative estimate of drug-likeness (QED) is 0.845. The number of benzene rings is 2. The first-order valence-electron chi connectivity index (χ1n) is 7.59. The number of alkyl halides is 3. The molecule has 0 aromatic heterocycles. The highest BCUT2D eigenvalue weighted by Crippen LogP contribution is 2.23. The molecule has 3 nitrogen and oxygen atoms in total. The first-order valence-corrected chi connectivity index (χ1v) is 7.59. The summed E-state index contributed by atoms with van der Waals surface area (Å²) in [6, 6.07) is 15.0. The number of rotatable bonds is 6. The van der Waals surface area contributed by atoms with Crippen molar-refractivity contribution < 1.29 is 18.0 Å². The van der Waals surface area contributed by atoms with Gasteiger partial charge in [-0.1, -0.05) is 42.5 Å². The van der Waals surface area contributed by atoms with Gasteiger partial charge in [0.25, 0.3) is 0 Å². The first kappa shape index (κ1) is 18.0. The molecule has 2 rings (SSSR count). The predicted molar refractivity (Wildman–Crippen MR) is 87.6 cm³/mol. The van der Waals surface area contributed by atoms with Crippen LogP contribution in [0.5, 0.6) is 0 Å². The molecule has 1 amide bonds. The molecule has 0 aliphatic heterocycles. The SMILES string of the molecule is N[C@@H](Cc1ccccc1)C(=O)Nc1cccc(CCC(F)(F)F)c1. The Bertz CT molecular complexity index is 671.